The Morgan fingerprint density at radius 3 is 3.11 bits per heavy atom. The summed E-state index contributed by atoms with van der Waals surface area (Å²) in [7, 11) is 0. The van der Waals surface area contributed by atoms with Crippen LogP contribution in [0.4, 0.5) is 5.69 Å². The average molecular weight is 298 g/mol. The van der Waals surface area contributed by atoms with E-state index in [-0.39, 0.29) is 0 Å². The van der Waals surface area contributed by atoms with Crippen molar-refractivity contribution in [2.24, 2.45) is 0 Å². The van der Waals surface area contributed by atoms with Gasteiger partial charge >= 0.3 is 0 Å². The summed E-state index contributed by atoms with van der Waals surface area (Å²) in [4.78, 5) is 7.65. The number of H-pyrrole nitrogens is 1. The molecule has 0 aliphatic heterocycles. The third kappa shape index (κ3) is 2.29. The van der Waals surface area contributed by atoms with Crippen molar-refractivity contribution in [3.63, 3.8) is 0 Å². The van der Waals surface area contributed by atoms with E-state index in [0.717, 1.165) is 27.6 Å². The van der Waals surface area contributed by atoms with E-state index in [1.54, 1.807) is 0 Å². The van der Waals surface area contributed by atoms with Crippen LogP contribution in [0.15, 0.2) is 23.4 Å². The molecular weight excluding hydrogens is 290 g/mol. The zero-order valence-electron chi connectivity index (χ0n) is 9.05. The number of thioether (sulfide) groups is 1. The maximum atomic E-state index is 5.94. The van der Waals surface area contributed by atoms with Gasteiger partial charge in [0.25, 0.3) is 0 Å². The molecule has 92 valence electrons. The first-order valence-corrected chi connectivity index (χ1v) is 7.21. The van der Waals surface area contributed by atoms with E-state index in [1.807, 2.05) is 18.2 Å². The Bertz CT molecular complexity index is 692. The highest BCUT2D eigenvalue weighted by Crippen LogP contribution is 2.27. The molecule has 0 saturated heterocycles. The van der Waals surface area contributed by atoms with Crippen LogP contribution in [0.25, 0.3) is 11.0 Å². The molecule has 18 heavy (non-hydrogen) atoms. The van der Waals surface area contributed by atoms with Crippen LogP contribution in [0, 0.1) is 0 Å². The predicted octanol–water partition coefficient (Wildman–Crippen LogP) is 2.94. The molecule has 0 unspecified atom stereocenters. The number of nitrogens with zero attached hydrogens (tertiary/aromatic N) is 3. The number of rotatable bonds is 3. The quantitative estimate of drug-likeness (QED) is 0.574. The van der Waals surface area contributed by atoms with Gasteiger partial charge in [-0.1, -0.05) is 27.9 Å². The molecule has 3 aromatic rings. The lowest BCUT2D eigenvalue weighted by molar-refractivity contribution is 1.05. The fourth-order valence-corrected chi connectivity index (χ4v) is 3.11. The molecule has 2 heterocycles. The van der Waals surface area contributed by atoms with Gasteiger partial charge in [0.15, 0.2) is 5.16 Å². The Morgan fingerprint density at radius 2 is 2.33 bits per heavy atom. The number of hydrogen-bond donors (Lipinski definition) is 2. The molecule has 0 atom stereocenters. The zero-order valence-corrected chi connectivity index (χ0v) is 11.4. The molecule has 0 spiro atoms. The minimum absolute atomic E-state index is 0.628. The lowest BCUT2D eigenvalue weighted by atomic mass is 10.3. The topological polar surface area (TPSA) is 80.5 Å². The van der Waals surface area contributed by atoms with Crippen molar-refractivity contribution < 1.29 is 0 Å². The van der Waals surface area contributed by atoms with Crippen molar-refractivity contribution in [1.29, 1.82) is 0 Å². The maximum Gasteiger partial charge on any atom is 0.166 e. The van der Waals surface area contributed by atoms with Crippen molar-refractivity contribution in [2.45, 2.75) is 10.9 Å². The van der Waals surface area contributed by atoms with Crippen molar-refractivity contribution in [2.75, 3.05) is 5.73 Å². The summed E-state index contributed by atoms with van der Waals surface area (Å²) in [6.07, 6.45) is 0. The van der Waals surface area contributed by atoms with Gasteiger partial charge < -0.3 is 10.7 Å². The molecule has 2 aromatic heterocycles. The number of imidazole rings is 1. The lowest BCUT2D eigenvalue weighted by Crippen LogP contribution is -1.83. The van der Waals surface area contributed by atoms with E-state index in [0.29, 0.717) is 10.1 Å². The number of anilines is 1. The van der Waals surface area contributed by atoms with E-state index in [1.165, 1.54) is 23.3 Å². The number of benzene rings is 1. The van der Waals surface area contributed by atoms with Gasteiger partial charge in [-0.2, -0.15) is 0 Å². The van der Waals surface area contributed by atoms with Gasteiger partial charge in [0.2, 0.25) is 0 Å². The SMILES string of the molecule is Nc1ccc2nc(SCc3nnsc3Cl)[nH]c2c1. The highest BCUT2D eigenvalue weighted by molar-refractivity contribution is 7.98. The Balaban J connectivity index is 1.81. The molecule has 3 N–H and O–H groups in total. The first kappa shape index (κ1) is 11.8. The van der Waals surface area contributed by atoms with Crippen molar-refractivity contribution in [1.82, 2.24) is 19.6 Å². The normalized spacial score (nSPS) is 11.2. The number of nitrogens with one attached hydrogen (secondary N) is 1. The number of halogens is 1. The van der Waals surface area contributed by atoms with Crippen molar-refractivity contribution in [3.8, 4) is 0 Å². The van der Waals surface area contributed by atoms with Crippen LogP contribution < -0.4 is 5.73 Å². The molecule has 0 saturated carbocycles. The standard InChI is InChI=1S/C10H8ClN5S2/c11-9-8(15-16-18-9)4-17-10-13-6-2-1-5(12)3-7(6)14-10/h1-3H,4,12H2,(H,13,14). The second kappa shape index (κ2) is 4.75. The summed E-state index contributed by atoms with van der Waals surface area (Å²) < 4.78 is 4.42. The highest BCUT2D eigenvalue weighted by Gasteiger charge is 2.08. The molecule has 8 heteroatoms. The summed E-state index contributed by atoms with van der Waals surface area (Å²) in [5.41, 5.74) is 9.04. The Hall–Kier alpha value is -1.31. The highest BCUT2D eigenvalue weighted by atomic mass is 35.5. The minimum atomic E-state index is 0.628. The summed E-state index contributed by atoms with van der Waals surface area (Å²) in [5.74, 6) is 0.643. The number of nitrogens with two attached hydrogens (primary N) is 1. The zero-order chi connectivity index (χ0) is 12.5. The van der Waals surface area contributed by atoms with Crippen molar-refractivity contribution >= 4 is 51.6 Å². The third-order valence-electron chi connectivity index (χ3n) is 2.34. The number of hydrogen-bond acceptors (Lipinski definition) is 6. The fourth-order valence-electron chi connectivity index (χ4n) is 1.49. The minimum Gasteiger partial charge on any atom is -0.399 e. The van der Waals surface area contributed by atoms with Crippen LogP contribution in [-0.4, -0.2) is 19.6 Å². The molecule has 0 amide bonds. The molecule has 3 rings (SSSR count). The van der Waals surface area contributed by atoms with Crippen LogP contribution in [0.3, 0.4) is 0 Å². The Morgan fingerprint density at radius 1 is 1.44 bits per heavy atom. The molecule has 5 nitrogen and oxygen atoms in total. The lowest BCUT2D eigenvalue weighted by Gasteiger charge is -1.93. The second-order valence-electron chi connectivity index (χ2n) is 3.60. The van der Waals surface area contributed by atoms with Gasteiger partial charge in [-0.3, -0.25) is 0 Å². The molecule has 0 aliphatic carbocycles. The summed E-state index contributed by atoms with van der Waals surface area (Å²) >= 11 is 8.67. The summed E-state index contributed by atoms with van der Waals surface area (Å²) in [6, 6.07) is 5.59. The van der Waals surface area contributed by atoms with Gasteiger partial charge in [-0.05, 0) is 18.2 Å². The molecule has 0 aliphatic rings. The van der Waals surface area contributed by atoms with E-state index >= 15 is 0 Å². The Kier molecular flexibility index (Phi) is 3.11. The maximum absolute atomic E-state index is 5.94. The molecule has 0 radical (unpaired) electrons. The van der Waals surface area contributed by atoms with E-state index in [2.05, 4.69) is 19.6 Å². The van der Waals surface area contributed by atoms with E-state index in [4.69, 9.17) is 17.3 Å². The summed E-state index contributed by atoms with van der Waals surface area (Å²) in [5, 5.41) is 4.77. The third-order valence-corrected chi connectivity index (χ3v) is 4.21. The van der Waals surface area contributed by atoms with Crippen LogP contribution in [-0.2, 0) is 5.75 Å². The van der Waals surface area contributed by atoms with Gasteiger partial charge in [0.05, 0.1) is 11.0 Å². The van der Waals surface area contributed by atoms with Crippen LogP contribution in [0.2, 0.25) is 4.34 Å². The van der Waals surface area contributed by atoms with Crippen LogP contribution in [0.1, 0.15) is 5.69 Å². The molecule has 0 fully saturated rings. The van der Waals surface area contributed by atoms with Gasteiger partial charge in [-0.25, -0.2) is 4.98 Å². The molecule has 1 aromatic carbocycles. The number of aromatic amines is 1. The number of aromatic nitrogens is 4. The first-order chi connectivity index (χ1) is 8.72. The largest absolute Gasteiger partial charge is 0.399 e. The van der Waals surface area contributed by atoms with E-state index < -0.39 is 0 Å². The molecular formula is C10H8ClN5S2. The average Bonchev–Trinajstić information content (AvgIpc) is 2.92. The molecule has 0 bridgehead atoms. The predicted molar refractivity (Wildman–Crippen MR) is 75.0 cm³/mol. The first-order valence-electron chi connectivity index (χ1n) is 5.07. The van der Waals surface area contributed by atoms with Gasteiger partial charge in [-0.15, -0.1) is 5.10 Å². The monoisotopic (exact) mass is 297 g/mol. The van der Waals surface area contributed by atoms with Gasteiger partial charge in [0.1, 0.15) is 10.0 Å². The number of fused-ring (bicyclic) bond motifs is 1. The van der Waals surface area contributed by atoms with Crippen molar-refractivity contribution in [3.05, 3.63) is 28.2 Å². The fraction of sp³-hybridized carbons (Fsp3) is 0.100. The number of nitrogen functional groups attached to an aromatic ring is 1. The summed E-state index contributed by atoms with van der Waals surface area (Å²) in [6.45, 7) is 0. The Labute approximate surface area is 116 Å². The van der Waals surface area contributed by atoms with Crippen LogP contribution in [0.5, 0.6) is 0 Å². The van der Waals surface area contributed by atoms with E-state index in [9.17, 15) is 0 Å². The van der Waals surface area contributed by atoms with Gasteiger partial charge in [0, 0.05) is 23.0 Å². The smallest absolute Gasteiger partial charge is 0.166 e. The second-order valence-corrected chi connectivity index (χ2v) is 5.92. The van der Waals surface area contributed by atoms with Crippen LogP contribution >= 0.6 is 34.9 Å².